The van der Waals surface area contributed by atoms with Gasteiger partial charge in [-0.2, -0.15) is 0 Å². The van der Waals surface area contributed by atoms with Gasteiger partial charge in [0.15, 0.2) is 5.78 Å². The largest absolute Gasteiger partial charge is 2.00 e. The van der Waals surface area contributed by atoms with Crippen LogP contribution in [0.4, 0.5) is 0 Å². The van der Waals surface area contributed by atoms with Crippen molar-refractivity contribution in [3.05, 3.63) is 37.1 Å². The summed E-state index contributed by atoms with van der Waals surface area (Å²) in [4.78, 5) is 9.98. The number of carbonyl (C=O) groups is 1. The van der Waals surface area contributed by atoms with Crippen molar-refractivity contribution in [2.75, 3.05) is 13.2 Å². The molecule has 0 aliphatic rings. The summed E-state index contributed by atoms with van der Waals surface area (Å²) in [5.41, 5.74) is 0. The van der Waals surface area contributed by atoms with Crippen molar-refractivity contribution < 1.29 is 34.1 Å². The molecule has 15 heavy (non-hydrogen) atoms. The Morgan fingerprint density at radius 1 is 1.27 bits per heavy atom. The average molecular weight is 300 g/mol. The van der Waals surface area contributed by atoms with Crippen LogP contribution in [-0.4, -0.2) is 19.0 Å². The Balaban J connectivity index is -0.000000180. The molecule has 0 rings (SSSR count). The molecule has 0 heterocycles. The average Bonchev–Trinajstić information content (AvgIpc) is 2.04. The van der Waals surface area contributed by atoms with Crippen molar-refractivity contribution in [2.24, 2.45) is 0 Å². The number of allylic oxidation sites excluding steroid dienone is 2. The fraction of sp³-hybridized carbons (Fsp3) is 0.364. The second-order valence-electron chi connectivity index (χ2n) is 2.48. The van der Waals surface area contributed by atoms with Gasteiger partial charge in [0.05, 0.1) is 13.2 Å². The first kappa shape index (κ1) is 19.8. The molecule has 0 amide bonds. The number of carbonyl (C=O) groups excluding carboxylic acids is 1. The second-order valence-corrected chi connectivity index (χ2v) is 2.48. The second kappa shape index (κ2) is 15.7. The molecule has 87 valence electrons. The first-order chi connectivity index (χ1) is 6.54. The molecule has 0 aromatic rings. The minimum absolute atomic E-state index is 0. The van der Waals surface area contributed by atoms with Crippen LogP contribution in [0.25, 0.3) is 0 Å². The van der Waals surface area contributed by atoms with Gasteiger partial charge in [0.2, 0.25) is 0 Å². The van der Waals surface area contributed by atoms with Gasteiger partial charge in [-0.1, -0.05) is 19.1 Å². The minimum atomic E-state index is -0.187. The quantitative estimate of drug-likeness (QED) is 0.252. The fourth-order valence-electron chi connectivity index (χ4n) is 0.521. The predicted molar refractivity (Wildman–Crippen MR) is 55.7 cm³/mol. The molecule has 0 spiro atoms. The summed E-state index contributed by atoms with van der Waals surface area (Å²) in [5, 5.41) is 9.98. The molecule has 0 aliphatic carbocycles. The van der Waals surface area contributed by atoms with Gasteiger partial charge in [-0.05, 0) is 13.0 Å². The van der Waals surface area contributed by atoms with Gasteiger partial charge in [-0.15, -0.1) is 18.9 Å². The molecule has 0 aliphatic heterocycles. The van der Waals surface area contributed by atoms with Crippen molar-refractivity contribution in [1.29, 1.82) is 0 Å². The maximum absolute atomic E-state index is 9.98. The van der Waals surface area contributed by atoms with Crippen LogP contribution in [0.1, 0.15) is 13.8 Å². The molecule has 0 aromatic heterocycles. The fourth-order valence-corrected chi connectivity index (χ4v) is 0.521. The van der Waals surface area contributed by atoms with Gasteiger partial charge in [-0.25, -0.2) is 0 Å². The zero-order chi connectivity index (χ0) is 11.4. The Bertz CT molecular complexity index is 198. The van der Waals surface area contributed by atoms with Crippen LogP contribution < -0.4 is 5.11 Å². The van der Waals surface area contributed by atoms with Crippen molar-refractivity contribution in [2.45, 2.75) is 13.8 Å². The van der Waals surface area contributed by atoms with Gasteiger partial charge in [-0.3, -0.25) is 4.79 Å². The monoisotopic (exact) mass is 300 g/mol. The van der Waals surface area contributed by atoms with Crippen LogP contribution in [0.3, 0.4) is 0 Å². The molecule has 4 heteroatoms. The van der Waals surface area contributed by atoms with Crippen LogP contribution >= 0.6 is 0 Å². The van der Waals surface area contributed by atoms with E-state index in [9.17, 15) is 9.90 Å². The zero-order valence-electron chi connectivity index (χ0n) is 9.12. The third kappa shape index (κ3) is 31.9. The molecule has 0 fully saturated rings. The molecule has 0 N–H and O–H groups in total. The van der Waals surface area contributed by atoms with E-state index in [0.717, 1.165) is 6.08 Å². The minimum Gasteiger partial charge on any atom is -0.876 e. The smallest absolute Gasteiger partial charge is 0.876 e. The summed E-state index contributed by atoms with van der Waals surface area (Å²) >= 11 is 0. The van der Waals surface area contributed by atoms with Crippen molar-refractivity contribution in [1.82, 2.24) is 0 Å². The molecule has 0 bridgehead atoms. The normalized spacial score (nSPS) is 9.07. The summed E-state index contributed by atoms with van der Waals surface area (Å²) in [6.07, 6.45) is 4.48. The van der Waals surface area contributed by atoms with E-state index >= 15 is 0 Å². The third-order valence-electron chi connectivity index (χ3n) is 0.878. The zero-order valence-corrected chi connectivity index (χ0v) is 10.8. The first-order valence-corrected chi connectivity index (χ1v) is 4.20. The van der Waals surface area contributed by atoms with E-state index in [2.05, 4.69) is 13.2 Å². The van der Waals surface area contributed by atoms with Gasteiger partial charge in [0.25, 0.3) is 0 Å². The molecular weight excluding hydrogens is 283 g/mol. The van der Waals surface area contributed by atoms with E-state index in [4.69, 9.17) is 4.74 Å². The summed E-state index contributed by atoms with van der Waals surface area (Å²) in [6.45, 7) is 10.9. The Kier molecular flexibility index (Phi) is 20.8. The van der Waals surface area contributed by atoms with E-state index in [0.29, 0.717) is 13.2 Å². The number of rotatable bonds is 5. The SMILES string of the molecule is C=CCOCC=C.CC(=O)/C=C(/C)[O-].[Rh+2]. The predicted octanol–water partition coefficient (Wildman–Crippen LogP) is 1.21. The van der Waals surface area contributed by atoms with Crippen molar-refractivity contribution >= 4 is 5.78 Å². The molecule has 0 aromatic carbocycles. The topological polar surface area (TPSA) is 49.4 Å². The molecule has 0 saturated carbocycles. The number of ketones is 1. The van der Waals surface area contributed by atoms with Crippen LogP contribution in [0.2, 0.25) is 0 Å². The van der Waals surface area contributed by atoms with E-state index in [1.165, 1.54) is 13.8 Å². The molecule has 0 unspecified atom stereocenters. The Hall–Kier alpha value is -0.727. The Labute approximate surface area is 104 Å². The summed E-state index contributed by atoms with van der Waals surface area (Å²) < 4.78 is 4.90. The van der Waals surface area contributed by atoms with Gasteiger partial charge in [0.1, 0.15) is 0 Å². The number of hydrogen-bond acceptors (Lipinski definition) is 3. The van der Waals surface area contributed by atoms with Crippen LogP contribution in [0.5, 0.6) is 0 Å². The number of ether oxygens (including phenoxy) is 1. The van der Waals surface area contributed by atoms with Gasteiger partial charge < -0.3 is 9.84 Å². The van der Waals surface area contributed by atoms with Crippen LogP contribution in [-0.2, 0) is 29.0 Å². The van der Waals surface area contributed by atoms with Gasteiger partial charge in [0, 0.05) is 0 Å². The van der Waals surface area contributed by atoms with E-state index in [1.807, 2.05) is 0 Å². The summed E-state index contributed by atoms with van der Waals surface area (Å²) in [5.74, 6) is -0.375. The molecule has 1 radical (unpaired) electrons. The summed E-state index contributed by atoms with van der Waals surface area (Å²) in [7, 11) is 0. The third-order valence-corrected chi connectivity index (χ3v) is 0.878. The standard InChI is InChI=1S/C6H10O.C5H8O2.Rh/c1-3-5-7-6-4-2;1-4(6)3-5(2)7;/h3-4H,1-2,5-6H2;3,6H,1-2H3;/q;;+2/p-1/b;4-3-;. The van der Waals surface area contributed by atoms with E-state index in [-0.39, 0.29) is 31.0 Å². The van der Waals surface area contributed by atoms with Crippen molar-refractivity contribution in [3.63, 3.8) is 0 Å². The van der Waals surface area contributed by atoms with Gasteiger partial charge >= 0.3 is 19.5 Å². The Morgan fingerprint density at radius 3 is 1.80 bits per heavy atom. The molecule has 3 nitrogen and oxygen atoms in total. The molecule has 0 saturated heterocycles. The maximum Gasteiger partial charge on any atom is 2.00 e. The van der Waals surface area contributed by atoms with Crippen LogP contribution in [0, 0.1) is 0 Å². The Morgan fingerprint density at radius 2 is 1.67 bits per heavy atom. The van der Waals surface area contributed by atoms with E-state index in [1.54, 1.807) is 12.2 Å². The van der Waals surface area contributed by atoms with Crippen LogP contribution in [0.15, 0.2) is 37.1 Å². The maximum atomic E-state index is 9.98. The molecular formula is C11H17O3Rh+. The molecule has 0 atom stereocenters. The van der Waals surface area contributed by atoms with Crippen molar-refractivity contribution in [3.8, 4) is 0 Å². The number of hydrogen-bond donors (Lipinski definition) is 0. The van der Waals surface area contributed by atoms with E-state index < -0.39 is 0 Å². The summed E-state index contributed by atoms with van der Waals surface area (Å²) in [6, 6.07) is 0. The first-order valence-electron chi connectivity index (χ1n) is 4.20.